The summed E-state index contributed by atoms with van der Waals surface area (Å²) in [4.78, 5) is 78.7. The topological polar surface area (TPSA) is 173 Å². The van der Waals surface area contributed by atoms with Crippen molar-refractivity contribution in [3.63, 3.8) is 0 Å². The Kier molecular flexibility index (Phi) is 16.5. The number of aliphatic hydroxyl groups is 1. The summed E-state index contributed by atoms with van der Waals surface area (Å²) in [6.07, 6.45) is 24.7. The molecule has 11 fully saturated rings. The maximum absolute atomic E-state index is 15.1. The van der Waals surface area contributed by atoms with Gasteiger partial charge in [0, 0.05) is 40.6 Å². The lowest BCUT2D eigenvalue weighted by Gasteiger charge is -2.54. The number of nitrogens with one attached hydrogen (secondary N) is 1. The Morgan fingerprint density at radius 3 is 2.21 bits per heavy atom. The molecule has 0 radical (unpaired) electrons. The van der Waals surface area contributed by atoms with E-state index in [1.165, 1.54) is 38.5 Å². The molecule has 1 spiro atoms. The zero-order valence-corrected chi connectivity index (χ0v) is 45.5. The van der Waals surface area contributed by atoms with Gasteiger partial charge in [0.15, 0.2) is 0 Å². The second kappa shape index (κ2) is 22.9. The van der Waals surface area contributed by atoms with Crippen LogP contribution < -0.4 is 5.32 Å². The normalized spacial score (nSPS) is 42.3. The van der Waals surface area contributed by atoms with Gasteiger partial charge in [0.2, 0.25) is 11.8 Å². The number of nitrogens with zero attached hydrogens (tertiary/aromatic N) is 3. The third-order valence-electron chi connectivity index (χ3n) is 20.9. The molecule has 15 atom stereocenters. The molecule has 6 heterocycles. The predicted molar refractivity (Wildman–Crippen MR) is 279 cm³/mol. The van der Waals surface area contributed by atoms with Crippen LogP contribution in [-0.4, -0.2) is 160 Å². The largest absolute Gasteiger partial charge is 0.463 e. The van der Waals surface area contributed by atoms with Crippen LogP contribution >= 0.6 is 22.6 Å². The van der Waals surface area contributed by atoms with E-state index in [9.17, 15) is 24.3 Å². The van der Waals surface area contributed by atoms with E-state index < -0.39 is 41.4 Å². The van der Waals surface area contributed by atoms with Crippen LogP contribution in [0.5, 0.6) is 0 Å². The fraction of sp³-hybridized carbons (Fsp3) is 0.877. The molecule has 0 aromatic heterocycles. The van der Waals surface area contributed by atoms with Crippen molar-refractivity contribution in [2.75, 3.05) is 46.1 Å². The van der Waals surface area contributed by atoms with Crippen LogP contribution in [0.3, 0.4) is 0 Å². The minimum Gasteiger partial charge on any atom is -0.463 e. The van der Waals surface area contributed by atoms with Gasteiger partial charge in [0.05, 0.1) is 49.9 Å². The van der Waals surface area contributed by atoms with Gasteiger partial charge in [-0.25, -0.2) is 0 Å². The highest BCUT2D eigenvalue weighted by molar-refractivity contribution is 14.1. The highest BCUT2D eigenvalue weighted by Gasteiger charge is 2.75. The number of cyclic esters (lactones) is 1. The van der Waals surface area contributed by atoms with Crippen molar-refractivity contribution in [2.24, 2.45) is 46.8 Å². The van der Waals surface area contributed by atoms with Crippen LogP contribution in [-0.2, 0) is 47.7 Å². The Hall–Kier alpha value is -2.38. The van der Waals surface area contributed by atoms with Crippen LogP contribution in [0.4, 0.5) is 0 Å². The maximum Gasteiger partial charge on any atom is 0.324 e. The first kappa shape index (κ1) is 52.7. The summed E-state index contributed by atoms with van der Waals surface area (Å²) in [5, 5.41) is 13.5. The SMILES string of the molecule is C=CCOC(=O)[C@@H]1[C@H]2C(=O)O[C@H](C3CCCCC3)[C@H](C3CCCCC3)N2[C@H](C2CCC(OCCOC(=O)[C@@H]3C[C@@H]4C(=O)N5CCC[C@H]5C(=O)N4[C@@H]3C3CCCC(OCCO)C3)CC2)[C@@]12CNC1CCC(I)CC12. The molecule has 2 N–H and O–H groups in total. The number of ether oxygens (including phenoxy) is 5. The number of carbonyl (C=O) groups is 5. The minimum absolute atomic E-state index is 0.00496. The average molecular weight is 1130 g/mol. The van der Waals surface area contributed by atoms with Gasteiger partial charge in [-0.3, -0.25) is 28.9 Å². The molecule has 6 aliphatic heterocycles. The van der Waals surface area contributed by atoms with Crippen molar-refractivity contribution >= 4 is 52.3 Å². The van der Waals surface area contributed by atoms with Crippen LogP contribution in [0.25, 0.3) is 0 Å². The smallest absolute Gasteiger partial charge is 0.324 e. The molecule has 11 rings (SSSR count). The van der Waals surface area contributed by atoms with E-state index in [0.717, 1.165) is 96.3 Å². The zero-order chi connectivity index (χ0) is 50.4. The molecular weight excluding hydrogens is 1040 g/mol. The van der Waals surface area contributed by atoms with E-state index in [1.54, 1.807) is 15.9 Å². The van der Waals surface area contributed by atoms with Crippen molar-refractivity contribution in [3.05, 3.63) is 12.7 Å². The Balaban J connectivity index is 0.813. The molecule has 0 aromatic carbocycles. The van der Waals surface area contributed by atoms with E-state index >= 15 is 4.79 Å². The number of piperazine rings is 1. The molecule has 5 saturated carbocycles. The number of rotatable bonds is 15. The molecule has 2 amide bonds. The van der Waals surface area contributed by atoms with Gasteiger partial charge in [0.1, 0.15) is 37.4 Å². The van der Waals surface area contributed by atoms with Gasteiger partial charge in [-0.05, 0) is 139 Å². The summed E-state index contributed by atoms with van der Waals surface area (Å²) in [5.74, 6) is -1.00. The van der Waals surface area contributed by atoms with Crippen molar-refractivity contribution < 1.29 is 52.8 Å². The maximum atomic E-state index is 15.1. The standard InChI is InChI=1S/C57H85IN4O11/c1-2-26-71-55(67)46-49-56(68)73-50(35-13-7-4-8-14-35)48(34-11-5-3-6-12-34)62(49)51(57(46)33-59-43-23-20-38(58)31-42(43)57)36-18-21-39(22-19-36)70-28-29-72-54(66)41-32-45-52(64)60-24-10-17-44(60)53(65)61(45)47(41)37-15-9-16-40(30-37)69-27-25-63/h2,34-51,59,63H,1,3-33H2/t36?,37?,38?,39?,40?,41-,42?,43?,44+,45-,46+,47-,48+,49+,50-,51-,57-/m1/s1. The number of hydrogen-bond acceptors (Lipinski definition) is 13. The predicted octanol–water partition coefficient (Wildman–Crippen LogP) is 6.68. The number of aliphatic hydroxyl groups excluding tert-OH is 1. The van der Waals surface area contributed by atoms with Gasteiger partial charge in [-0.1, -0.05) is 80.2 Å². The first-order valence-corrected chi connectivity index (χ1v) is 30.6. The van der Waals surface area contributed by atoms with Crippen LogP contribution in [0, 0.1) is 46.8 Å². The summed E-state index contributed by atoms with van der Waals surface area (Å²) in [6, 6.07) is -1.86. The molecule has 11 aliphatic rings. The summed E-state index contributed by atoms with van der Waals surface area (Å²) in [6.45, 7) is 5.82. The van der Waals surface area contributed by atoms with E-state index in [4.69, 9.17) is 23.7 Å². The number of amides is 2. The van der Waals surface area contributed by atoms with Gasteiger partial charge in [-0.15, -0.1) is 0 Å². The van der Waals surface area contributed by atoms with Gasteiger partial charge in [0.25, 0.3) is 0 Å². The number of morpholine rings is 1. The lowest BCUT2D eigenvalue weighted by molar-refractivity contribution is -0.192. The quantitative estimate of drug-likeness (QED) is 0.0445. The Bertz CT molecular complexity index is 2010. The molecule has 6 saturated heterocycles. The summed E-state index contributed by atoms with van der Waals surface area (Å²) in [5.41, 5.74) is -0.500. The zero-order valence-electron chi connectivity index (χ0n) is 43.3. The van der Waals surface area contributed by atoms with E-state index in [0.29, 0.717) is 41.7 Å². The van der Waals surface area contributed by atoms with Crippen molar-refractivity contribution in [3.8, 4) is 0 Å². The second-order valence-corrected chi connectivity index (χ2v) is 26.3. The van der Waals surface area contributed by atoms with Gasteiger partial charge < -0.3 is 43.9 Å². The fourth-order valence-corrected chi connectivity index (χ4v) is 19.0. The van der Waals surface area contributed by atoms with E-state index in [-0.39, 0.29) is 123 Å². The fourth-order valence-electron chi connectivity index (χ4n) is 18.1. The molecule has 406 valence electrons. The molecule has 5 aliphatic carbocycles. The third-order valence-corrected chi connectivity index (χ3v) is 22.0. The van der Waals surface area contributed by atoms with Crippen molar-refractivity contribution in [1.29, 1.82) is 0 Å². The molecule has 0 bridgehead atoms. The number of hydrogen-bond donors (Lipinski definition) is 2. The second-order valence-electron chi connectivity index (χ2n) is 24.5. The molecule has 5 unspecified atom stereocenters. The molecular formula is C57H85IN4O11. The summed E-state index contributed by atoms with van der Waals surface area (Å²) < 4.78 is 32.2. The van der Waals surface area contributed by atoms with Crippen molar-refractivity contribution in [2.45, 2.75) is 219 Å². The molecule has 73 heavy (non-hydrogen) atoms. The van der Waals surface area contributed by atoms with Gasteiger partial charge >= 0.3 is 17.9 Å². The Morgan fingerprint density at radius 2 is 1.45 bits per heavy atom. The first-order chi connectivity index (χ1) is 35.6. The van der Waals surface area contributed by atoms with Crippen LogP contribution in [0.15, 0.2) is 12.7 Å². The van der Waals surface area contributed by atoms with Gasteiger partial charge in [-0.2, -0.15) is 0 Å². The van der Waals surface area contributed by atoms with E-state index in [1.807, 2.05) is 0 Å². The number of halogens is 1. The highest BCUT2D eigenvalue weighted by atomic mass is 127. The number of esters is 3. The lowest BCUT2D eigenvalue weighted by atomic mass is 9.57. The lowest BCUT2D eigenvalue weighted by Crippen LogP contribution is -2.66. The highest BCUT2D eigenvalue weighted by Crippen LogP contribution is 2.64. The number of carbonyl (C=O) groups excluding carboxylic acids is 5. The molecule has 15 nitrogen and oxygen atoms in total. The average Bonchev–Trinajstić information content (AvgIpc) is 4.24. The van der Waals surface area contributed by atoms with Crippen molar-refractivity contribution in [1.82, 2.24) is 20.0 Å². The molecule has 0 aromatic rings. The number of fused-ring (bicyclic) bond motifs is 5. The minimum atomic E-state index is -0.680. The third kappa shape index (κ3) is 9.87. The number of alkyl halides is 1. The molecule has 16 heteroatoms. The summed E-state index contributed by atoms with van der Waals surface area (Å²) >= 11 is 2.64. The summed E-state index contributed by atoms with van der Waals surface area (Å²) in [7, 11) is 0. The Labute approximate surface area is 447 Å². The first-order valence-electron chi connectivity index (χ1n) is 29.4. The van der Waals surface area contributed by atoms with E-state index in [2.05, 4.69) is 39.4 Å². The van der Waals surface area contributed by atoms with Crippen LogP contribution in [0.1, 0.15) is 154 Å². The van der Waals surface area contributed by atoms with Crippen LogP contribution in [0.2, 0.25) is 0 Å². The Morgan fingerprint density at radius 1 is 0.712 bits per heavy atom. The monoisotopic (exact) mass is 1130 g/mol.